The molecule has 160 valence electrons. The summed E-state index contributed by atoms with van der Waals surface area (Å²) in [5.41, 5.74) is 2.22. The normalized spacial score (nSPS) is 14.7. The molecule has 0 saturated heterocycles. The first kappa shape index (κ1) is 21.9. The fraction of sp³-hybridized carbons (Fsp3) is 0.318. The summed E-state index contributed by atoms with van der Waals surface area (Å²) in [6.45, 7) is 1.99. The highest BCUT2D eigenvalue weighted by Gasteiger charge is 2.28. The van der Waals surface area contributed by atoms with E-state index in [4.69, 9.17) is 14.2 Å². The van der Waals surface area contributed by atoms with Crippen molar-refractivity contribution in [2.45, 2.75) is 18.2 Å². The lowest BCUT2D eigenvalue weighted by Gasteiger charge is -2.27. The molecule has 0 amide bonds. The van der Waals surface area contributed by atoms with Crippen LogP contribution >= 0.6 is 0 Å². The van der Waals surface area contributed by atoms with Crippen LogP contribution in [0.5, 0.6) is 17.2 Å². The third-order valence-corrected chi connectivity index (χ3v) is 6.99. The molecule has 0 spiro atoms. The van der Waals surface area contributed by atoms with E-state index < -0.39 is 10.0 Å². The van der Waals surface area contributed by atoms with E-state index in [9.17, 15) is 13.2 Å². The predicted octanol–water partition coefficient (Wildman–Crippen LogP) is 3.39. The summed E-state index contributed by atoms with van der Waals surface area (Å²) in [6, 6.07) is 9.57. The minimum Gasteiger partial charge on any atom is -0.496 e. The average Bonchev–Trinajstić information content (AvgIpc) is 2.78. The Morgan fingerprint density at radius 2 is 1.57 bits per heavy atom. The molecule has 3 rings (SSSR count). The van der Waals surface area contributed by atoms with Crippen molar-refractivity contribution in [3.05, 3.63) is 53.6 Å². The third-order valence-electron chi connectivity index (χ3n) is 5.11. The van der Waals surface area contributed by atoms with E-state index in [1.54, 1.807) is 33.5 Å². The maximum atomic E-state index is 13.0. The van der Waals surface area contributed by atoms with Gasteiger partial charge in [0.25, 0.3) is 0 Å². The number of methoxy groups -OCH3 is 3. The number of Topliss-reactive ketones (excluding diaryl/α,β-unsaturated/α-hetero) is 1. The number of hydrogen-bond acceptors (Lipinski definition) is 6. The Morgan fingerprint density at radius 1 is 0.967 bits per heavy atom. The van der Waals surface area contributed by atoms with Gasteiger partial charge >= 0.3 is 0 Å². The summed E-state index contributed by atoms with van der Waals surface area (Å²) in [7, 11) is 1.06. The zero-order valence-corrected chi connectivity index (χ0v) is 18.3. The van der Waals surface area contributed by atoms with E-state index in [1.165, 1.54) is 35.5 Å². The van der Waals surface area contributed by atoms with Gasteiger partial charge in [-0.1, -0.05) is 18.2 Å². The van der Waals surface area contributed by atoms with E-state index in [1.807, 2.05) is 6.08 Å². The second kappa shape index (κ2) is 8.89. The predicted molar refractivity (Wildman–Crippen MR) is 114 cm³/mol. The van der Waals surface area contributed by atoms with Gasteiger partial charge in [-0.25, -0.2) is 8.42 Å². The number of carbonyl (C=O) groups is 1. The first-order valence-corrected chi connectivity index (χ1v) is 10.9. The number of carbonyl (C=O) groups excluding carboxylic acids is 1. The molecule has 7 nitrogen and oxygen atoms in total. The Morgan fingerprint density at radius 3 is 2.00 bits per heavy atom. The summed E-state index contributed by atoms with van der Waals surface area (Å²) < 4.78 is 43.7. The molecule has 0 saturated carbocycles. The lowest BCUT2D eigenvalue weighted by atomic mass is 9.98. The van der Waals surface area contributed by atoms with Gasteiger partial charge in [0.2, 0.25) is 10.0 Å². The highest BCUT2D eigenvalue weighted by molar-refractivity contribution is 7.89. The van der Waals surface area contributed by atoms with Crippen LogP contribution in [0.4, 0.5) is 0 Å². The molecule has 1 aliphatic rings. The molecular weight excluding hydrogens is 406 g/mol. The molecule has 1 aliphatic heterocycles. The van der Waals surface area contributed by atoms with Gasteiger partial charge in [-0.15, -0.1) is 0 Å². The summed E-state index contributed by atoms with van der Waals surface area (Å²) in [6.07, 6.45) is 2.38. The molecule has 0 aromatic heterocycles. The van der Waals surface area contributed by atoms with Gasteiger partial charge in [0.05, 0.1) is 31.8 Å². The summed E-state index contributed by atoms with van der Waals surface area (Å²) in [5, 5.41) is 0. The minimum absolute atomic E-state index is 0.105. The number of hydrogen-bond donors (Lipinski definition) is 0. The Kier molecular flexibility index (Phi) is 6.48. The van der Waals surface area contributed by atoms with Crippen molar-refractivity contribution in [1.82, 2.24) is 4.31 Å². The van der Waals surface area contributed by atoms with Crippen molar-refractivity contribution < 1.29 is 27.4 Å². The van der Waals surface area contributed by atoms with Crippen molar-refractivity contribution in [3.8, 4) is 17.2 Å². The van der Waals surface area contributed by atoms with Crippen LogP contribution in [0, 0.1) is 0 Å². The Bertz CT molecular complexity index is 1050. The van der Waals surface area contributed by atoms with E-state index in [0.717, 1.165) is 11.1 Å². The van der Waals surface area contributed by atoms with Gasteiger partial charge in [0, 0.05) is 30.8 Å². The number of benzene rings is 2. The highest BCUT2D eigenvalue weighted by atomic mass is 32.2. The number of ether oxygens (including phenoxy) is 3. The first-order chi connectivity index (χ1) is 14.3. The van der Waals surface area contributed by atoms with Gasteiger partial charge in [0.15, 0.2) is 5.78 Å². The fourth-order valence-corrected chi connectivity index (χ4v) is 4.81. The molecule has 0 aliphatic carbocycles. The molecular formula is C22H25NO6S. The number of sulfonamides is 1. The van der Waals surface area contributed by atoms with Gasteiger partial charge in [-0.2, -0.15) is 4.31 Å². The SMILES string of the molecule is COc1cc(OC)c(C2=CCN(S(=O)(=O)c3ccc(C(C)=O)cc3)CC2)c(OC)c1. The fourth-order valence-electron chi connectivity index (χ4n) is 3.43. The summed E-state index contributed by atoms with van der Waals surface area (Å²) in [4.78, 5) is 11.6. The molecule has 0 N–H and O–H groups in total. The van der Waals surface area contributed by atoms with Crippen LogP contribution in [0.3, 0.4) is 0 Å². The topological polar surface area (TPSA) is 82.1 Å². The molecule has 0 radical (unpaired) electrons. The van der Waals surface area contributed by atoms with E-state index in [0.29, 0.717) is 35.8 Å². The van der Waals surface area contributed by atoms with Gasteiger partial charge < -0.3 is 14.2 Å². The molecule has 0 unspecified atom stereocenters. The zero-order chi connectivity index (χ0) is 21.9. The Hall–Kier alpha value is -2.84. The second-order valence-corrected chi connectivity index (χ2v) is 8.77. The van der Waals surface area contributed by atoms with Gasteiger partial charge in [0.1, 0.15) is 17.2 Å². The summed E-state index contributed by atoms with van der Waals surface area (Å²) >= 11 is 0. The molecule has 1 heterocycles. The first-order valence-electron chi connectivity index (χ1n) is 9.42. The van der Waals surface area contributed by atoms with Crippen molar-refractivity contribution in [3.63, 3.8) is 0 Å². The van der Waals surface area contributed by atoms with E-state index in [-0.39, 0.29) is 17.2 Å². The van der Waals surface area contributed by atoms with Crippen molar-refractivity contribution in [1.29, 1.82) is 0 Å². The van der Waals surface area contributed by atoms with E-state index in [2.05, 4.69) is 0 Å². The Balaban J connectivity index is 1.89. The maximum absolute atomic E-state index is 13.0. The monoisotopic (exact) mass is 431 g/mol. The zero-order valence-electron chi connectivity index (χ0n) is 17.5. The van der Waals surface area contributed by atoms with Gasteiger partial charge in [-0.3, -0.25) is 4.79 Å². The largest absolute Gasteiger partial charge is 0.496 e. The number of ketones is 1. The second-order valence-electron chi connectivity index (χ2n) is 6.83. The molecule has 2 aromatic rings. The van der Waals surface area contributed by atoms with Crippen LogP contribution < -0.4 is 14.2 Å². The third kappa shape index (κ3) is 4.20. The van der Waals surface area contributed by atoms with Crippen molar-refractivity contribution in [2.24, 2.45) is 0 Å². The standard InChI is InChI=1S/C22H25NO6S/c1-15(24)16-5-7-19(8-6-16)30(25,26)23-11-9-17(10-12-23)22-20(28-3)13-18(27-2)14-21(22)29-4/h5-9,13-14H,10-12H2,1-4H3. The van der Waals surface area contributed by atoms with E-state index >= 15 is 0 Å². The van der Waals surface area contributed by atoms with Crippen molar-refractivity contribution >= 4 is 21.4 Å². The average molecular weight is 432 g/mol. The molecule has 30 heavy (non-hydrogen) atoms. The molecule has 0 bridgehead atoms. The van der Waals surface area contributed by atoms with Crippen molar-refractivity contribution in [2.75, 3.05) is 34.4 Å². The van der Waals surface area contributed by atoms with Gasteiger partial charge in [-0.05, 0) is 31.1 Å². The molecule has 0 fully saturated rings. The molecule has 0 atom stereocenters. The lowest BCUT2D eigenvalue weighted by Crippen LogP contribution is -2.34. The van der Waals surface area contributed by atoms with Crippen LogP contribution in [-0.4, -0.2) is 52.9 Å². The van der Waals surface area contributed by atoms with Crippen LogP contribution in [0.2, 0.25) is 0 Å². The molecule has 8 heteroatoms. The highest BCUT2D eigenvalue weighted by Crippen LogP contribution is 2.41. The Labute approximate surface area is 176 Å². The lowest BCUT2D eigenvalue weighted by molar-refractivity contribution is 0.101. The number of rotatable bonds is 7. The van der Waals surface area contributed by atoms with Crippen LogP contribution in [-0.2, 0) is 10.0 Å². The molecule has 2 aromatic carbocycles. The summed E-state index contributed by atoms with van der Waals surface area (Å²) in [5.74, 6) is 1.72. The van der Waals surface area contributed by atoms with Crippen LogP contribution in [0.25, 0.3) is 5.57 Å². The quantitative estimate of drug-likeness (QED) is 0.625. The minimum atomic E-state index is -3.66. The number of nitrogens with zero attached hydrogens (tertiary/aromatic N) is 1. The maximum Gasteiger partial charge on any atom is 0.243 e. The van der Waals surface area contributed by atoms with Crippen LogP contribution in [0.15, 0.2) is 47.4 Å². The van der Waals surface area contributed by atoms with Crippen LogP contribution in [0.1, 0.15) is 29.3 Å². The smallest absolute Gasteiger partial charge is 0.243 e.